The van der Waals surface area contributed by atoms with Crippen LogP contribution in [-0.4, -0.2) is 48.6 Å². The number of nitrogens with one attached hydrogen (secondary N) is 1. The summed E-state index contributed by atoms with van der Waals surface area (Å²) in [5, 5.41) is 3.08. The van der Waals surface area contributed by atoms with Gasteiger partial charge in [-0.3, -0.25) is 0 Å². The summed E-state index contributed by atoms with van der Waals surface area (Å²) in [5.74, 6) is 0.540. The summed E-state index contributed by atoms with van der Waals surface area (Å²) >= 11 is 6.89. The predicted molar refractivity (Wildman–Crippen MR) is 95.9 cm³/mol. The van der Waals surface area contributed by atoms with Crippen molar-refractivity contribution in [2.75, 3.05) is 20.8 Å². The standard InChI is InChI=1S/C16H25NO5S2/c1-4-22-16(23)24-12-8-7-9-10(12)5-6-11(9)13(14(18)20-2)17-15(19)21-3/h9-13H,4-8H2,1-3H3,(H,17,19)/t9-,10-,11-,12-,13?/m0/s1. The second-order valence-corrected chi connectivity index (χ2v) is 7.96. The van der Waals surface area contributed by atoms with E-state index in [1.54, 1.807) is 11.8 Å². The van der Waals surface area contributed by atoms with Crippen molar-refractivity contribution in [3.05, 3.63) is 0 Å². The molecule has 0 spiro atoms. The fourth-order valence-electron chi connectivity index (χ4n) is 4.08. The molecular weight excluding hydrogens is 350 g/mol. The van der Waals surface area contributed by atoms with Gasteiger partial charge in [-0.1, -0.05) is 11.8 Å². The number of carbonyl (C=O) groups is 2. The molecule has 2 fully saturated rings. The number of rotatable bonds is 5. The number of thioether (sulfide) groups is 1. The summed E-state index contributed by atoms with van der Waals surface area (Å²) in [7, 11) is 2.63. The quantitative estimate of drug-likeness (QED) is 0.585. The van der Waals surface area contributed by atoms with Gasteiger partial charge in [0.15, 0.2) is 0 Å². The second-order valence-electron chi connectivity index (χ2n) is 6.12. The molecule has 5 atom stereocenters. The van der Waals surface area contributed by atoms with Crippen LogP contribution < -0.4 is 5.32 Å². The van der Waals surface area contributed by atoms with Crippen molar-refractivity contribution < 1.29 is 23.8 Å². The van der Waals surface area contributed by atoms with Crippen LogP contribution in [0.15, 0.2) is 0 Å². The molecule has 1 N–H and O–H groups in total. The van der Waals surface area contributed by atoms with E-state index in [9.17, 15) is 9.59 Å². The zero-order valence-electron chi connectivity index (χ0n) is 14.3. The van der Waals surface area contributed by atoms with Crippen LogP contribution in [-0.2, 0) is 19.0 Å². The molecule has 1 unspecified atom stereocenters. The Balaban J connectivity index is 2.03. The van der Waals surface area contributed by atoms with Gasteiger partial charge in [-0.25, -0.2) is 9.59 Å². The van der Waals surface area contributed by atoms with E-state index in [1.807, 2.05) is 6.92 Å². The van der Waals surface area contributed by atoms with E-state index in [0.29, 0.717) is 28.1 Å². The molecule has 2 aliphatic rings. The van der Waals surface area contributed by atoms with Gasteiger partial charge < -0.3 is 19.5 Å². The highest BCUT2D eigenvalue weighted by Crippen LogP contribution is 2.52. The van der Waals surface area contributed by atoms with Crippen molar-refractivity contribution in [2.24, 2.45) is 17.8 Å². The summed E-state index contributed by atoms with van der Waals surface area (Å²) in [6, 6.07) is -0.653. The van der Waals surface area contributed by atoms with Gasteiger partial charge in [-0.2, -0.15) is 0 Å². The van der Waals surface area contributed by atoms with Crippen LogP contribution in [0.3, 0.4) is 0 Å². The maximum absolute atomic E-state index is 12.1. The number of methoxy groups -OCH3 is 2. The number of fused-ring (bicyclic) bond motifs is 1. The molecule has 0 heterocycles. The number of alkyl carbamates (subject to hydrolysis) is 1. The fraction of sp³-hybridized carbons (Fsp3) is 0.812. The third-order valence-corrected chi connectivity index (χ3v) is 6.65. The Labute approximate surface area is 152 Å². The zero-order valence-corrected chi connectivity index (χ0v) is 15.9. The van der Waals surface area contributed by atoms with Gasteiger partial charge in [0, 0.05) is 5.25 Å². The van der Waals surface area contributed by atoms with Gasteiger partial charge in [0.05, 0.1) is 20.8 Å². The van der Waals surface area contributed by atoms with Gasteiger partial charge in [0.25, 0.3) is 0 Å². The molecule has 0 bridgehead atoms. The molecule has 0 aliphatic heterocycles. The van der Waals surface area contributed by atoms with Crippen LogP contribution in [0.2, 0.25) is 0 Å². The summed E-state index contributed by atoms with van der Waals surface area (Å²) in [6.07, 6.45) is 3.39. The third-order valence-electron chi connectivity index (χ3n) is 5.05. The van der Waals surface area contributed by atoms with Crippen molar-refractivity contribution in [1.82, 2.24) is 5.32 Å². The van der Waals surface area contributed by atoms with E-state index in [0.717, 1.165) is 25.7 Å². The minimum absolute atomic E-state index is 0.0767. The number of carbonyl (C=O) groups excluding carboxylic acids is 2. The highest BCUT2D eigenvalue weighted by molar-refractivity contribution is 8.23. The molecule has 2 aliphatic carbocycles. The molecule has 6 nitrogen and oxygen atoms in total. The normalized spacial score (nSPS) is 29.5. The summed E-state index contributed by atoms with van der Waals surface area (Å²) < 4.78 is 15.5. The van der Waals surface area contributed by atoms with E-state index < -0.39 is 18.1 Å². The molecule has 1 amide bonds. The molecule has 8 heteroatoms. The molecule has 24 heavy (non-hydrogen) atoms. The van der Waals surface area contributed by atoms with E-state index in [2.05, 4.69) is 10.1 Å². The lowest BCUT2D eigenvalue weighted by Crippen LogP contribution is -2.47. The lowest BCUT2D eigenvalue weighted by molar-refractivity contribution is -0.145. The minimum Gasteiger partial charge on any atom is -0.479 e. The molecular formula is C16H25NO5S2. The number of hydrogen-bond donors (Lipinski definition) is 1. The first-order valence-corrected chi connectivity index (χ1v) is 9.56. The molecule has 0 aromatic heterocycles. The lowest BCUT2D eigenvalue weighted by atomic mass is 9.86. The fourth-order valence-corrected chi connectivity index (χ4v) is 5.77. The van der Waals surface area contributed by atoms with Gasteiger partial charge >= 0.3 is 12.1 Å². The van der Waals surface area contributed by atoms with Gasteiger partial charge in [0.2, 0.25) is 4.38 Å². The molecule has 0 saturated heterocycles. The Morgan fingerprint density at radius 3 is 2.50 bits per heavy atom. The monoisotopic (exact) mass is 375 g/mol. The first-order valence-electron chi connectivity index (χ1n) is 8.27. The van der Waals surface area contributed by atoms with Crippen LogP contribution in [0.4, 0.5) is 4.79 Å². The summed E-state index contributed by atoms with van der Waals surface area (Å²) in [4.78, 5) is 23.7. The van der Waals surface area contributed by atoms with E-state index in [-0.39, 0.29) is 5.92 Å². The highest BCUT2D eigenvalue weighted by Gasteiger charge is 2.50. The van der Waals surface area contributed by atoms with Crippen molar-refractivity contribution in [2.45, 2.75) is 43.9 Å². The molecule has 2 saturated carbocycles. The van der Waals surface area contributed by atoms with Crippen LogP contribution in [0.1, 0.15) is 32.6 Å². The van der Waals surface area contributed by atoms with E-state index >= 15 is 0 Å². The Hall–Kier alpha value is -1.02. The average Bonchev–Trinajstić information content (AvgIpc) is 3.15. The number of amides is 1. The number of thiocarbonyl (C=S) groups is 1. The van der Waals surface area contributed by atoms with Crippen molar-refractivity contribution in [3.63, 3.8) is 0 Å². The first kappa shape index (κ1) is 19.3. The van der Waals surface area contributed by atoms with Crippen LogP contribution in [0, 0.1) is 17.8 Å². The van der Waals surface area contributed by atoms with Gasteiger partial charge in [-0.15, -0.1) is 0 Å². The number of ether oxygens (including phenoxy) is 3. The average molecular weight is 376 g/mol. The van der Waals surface area contributed by atoms with Crippen molar-refractivity contribution >= 4 is 40.4 Å². The molecule has 0 aromatic rings. The maximum Gasteiger partial charge on any atom is 0.407 e. The Morgan fingerprint density at radius 2 is 1.88 bits per heavy atom. The molecule has 2 rings (SSSR count). The second kappa shape index (κ2) is 8.89. The smallest absolute Gasteiger partial charge is 0.407 e. The topological polar surface area (TPSA) is 73.9 Å². The Bertz CT molecular complexity index is 487. The molecule has 0 aromatic carbocycles. The lowest BCUT2D eigenvalue weighted by Gasteiger charge is -2.27. The van der Waals surface area contributed by atoms with Gasteiger partial charge in [0.1, 0.15) is 6.04 Å². The minimum atomic E-state index is -0.653. The summed E-state index contributed by atoms with van der Waals surface area (Å²) in [5.41, 5.74) is 0. The van der Waals surface area contributed by atoms with Crippen molar-refractivity contribution in [3.8, 4) is 0 Å². The summed E-state index contributed by atoms with van der Waals surface area (Å²) in [6.45, 7) is 2.51. The largest absolute Gasteiger partial charge is 0.479 e. The van der Waals surface area contributed by atoms with Crippen LogP contribution >= 0.6 is 24.0 Å². The Morgan fingerprint density at radius 1 is 1.17 bits per heavy atom. The molecule has 136 valence electrons. The number of esters is 1. The SMILES string of the molecule is CCOC(=S)S[C@H]1CC[C@H]2[C@@H]1CC[C@@H]2C(NC(=O)OC)C(=O)OC. The van der Waals surface area contributed by atoms with Gasteiger partial charge in [-0.05, 0) is 62.6 Å². The highest BCUT2D eigenvalue weighted by atomic mass is 32.2. The Kier molecular flexibility index (Phi) is 7.16. The van der Waals surface area contributed by atoms with Crippen molar-refractivity contribution in [1.29, 1.82) is 0 Å². The van der Waals surface area contributed by atoms with Crippen LogP contribution in [0.25, 0.3) is 0 Å². The number of hydrogen-bond acceptors (Lipinski definition) is 7. The molecule has 0 radical (unpaired) electrons. The van der Waals surface area contributed by atoms with Crippen LogP contribution in [0.5, 0.6) is 0 Å². The third kappa shape index (κ3) is 4.33. The van der Waals surface area contributed by atoms with E-state index in [4.69, 9.17) is 21.7 Å². The maximum atomic E-state index is 12.1. The van der Waals surface area contributed by atoms with E-state index in [1.165, 1.54) is 14.2 Å². The first-order chi connectivity index (χ1) is 11.5. The zero-order chi connectivity index (χ0) is 17.7. The predicted octanol–water partition coefficient (Wildman–Crippen LogP) is 2.74.